The minimum atomic E-state index is -0.133. The van der Waals surface area contributed by atoms with E-state index in [0.717, 1.165) is 18.7 Å². The quantitative estimate of drug-likeness (QED) is 0.756. The van der Waals surface area contributed by atoms with E-state index in [1.165, 1.54) is 11.1 Å². The van der Waals surface area contributed by atoms with Gasteiger partial charge in [0, 0.05) is 18.4 Å². The highest BCUT2D eigenvalue weighted by Crippen LogP contribution is 2.23. The molecule has 0 unspecified atom stereocenters. The van der Waals surface area contributed by atoms with E-state index in [2.05, 4.69) is 67.5 Å². The zero-order chi connectivity index (χ0) is 17.7. The van der Waals surface area contributed by atoms with Crippen molar-refractivity contribution in [2.24, 2.45) is 0 Å². The maximum Gasteiger partial charge on any atom is 0.240 e. The third kappa shape index (κ3) is 4.54. The summed E-state index contributed by atoms with van der Waals surface area (Å²) in [4.78, 5) is 12.3. The first-order chi connectivity index (χ1) is 11.3. The topological polar surface area (TPSA) is 62.7 Å². The van der Waals surface area contributed by atoms with Crippen LogP contribution in [-0.2, 0) is 23.2 Å². The summed E-state index contributed by atoms with van der Waals surface area (Å²) in [5.41, 5.74) is 2.31. The van der Waals surface area contributed by atoms with E-state index in [-0.39, 0.29) is 17.9 Å². The average Bonchev–Trinajstić information content (AvgIpc) is 2.87. The number of benzene rings is 1. The molecule has 0 saturated heterocycles. The van der Waals surface area contributed by atoms with Crippen molar-refractivity contribution in [2.75, 3.05) is 6.54 Å². The number of rotatable bonds is 7. The maximum absolute atomic E-state index is 12.3. The molecule has 0 aliphatic rings. The van der Waals surface area contributed by atoms with Crippen LogP contribution in [0.2, 0.25) is 0 Å². The summed E-state index contributed by atoms with van der Waals surface area (Å²) >= 11 is 5.22. The normalized spacial score (nSPS) is 11.5. The van der Waals surface area contributed by atoms with Gasteiger partial charge in [-0.15, -0.1) is 0 Å². The lowest BCUT2D eigenvalue weighted by molar-refractivity contribution is -0.121. The Kier molecular flexibility index (Phi) is 5.94. The van der Waals surface area contributed by atoms with E-state index in [1.807, 2.05) is 0 Å². The van der Waals surface area contributed by atoms with Crippen LogP contribution >= 0.6 is 12.2 Å². The molecule has 1 heterocycles. The molecule has 2 aromatic rings. The van der Waals surface area contributed by atoms with E-state index in [9.17, 15) is 4.79 Å². The fourth-order valence-corrected chi connectivity index (χ4v) is 2.83. The molecule has 1 aromatic carbocycles. The first kappa shape index (κ1) is 18.4. The van der Waals surface area contributed by atoms with Gasteiger partial charge >= 0.3 is 0 Å². The van der Waals surface area contributed by atoms with Gasteiger partial charge in [0.25, 0.3) is 0 Å². The van der Waals surface area contributed by atoms with Crippen LogP contribution in [0.5, 0.6) is 0 Å². The second kappa shape index (κ2) is 7.75. The van der Waals surface area contributed by atoms with Crippen LogP contribution < -0.4 is 5.32 Å². The molecule has 0 aliphatic carbocycles. The lowest BCUT2D eigenvalue weighted by Gasteiger charge is -2.26. The average molecular weight is 347 g/mol. The van der Waals surface area contributed by atoms with Crippen molar-refractivity contribution in [1.82, 2.24) is 20.1 Å². The highest BCUT2D eigenvalue weighted by Gasteiger charge is 2.22. The Bertz CT molecular complexity index is 760. The Labute approximate surface area is 148 Å². The Morgan fingerprint density at radius 2 is 2.17 bits per heavy atom. The summed E-state index contributed by atoms with van der Waals surface area (Å²) < 4.78 is 2.26. The van der Waals surface area contributed by atoms with Crippen LogP contribution in [0.4, 0.5) is 0 Å². The van der Waals surface area contributed by atoms with E-state index < -0.39 is 0 Å². The Morgan fingerprint density at radius 3 is 2.83 bits per heavy atom. The number of carbonyl (C=O) groups excluding carboxylic acids is 1. The number of carbonyl (C=O) groups is 1. The Morgan fingerprint density at radius 1 is 1.42 bits per heavy atom. The molecule has 0 fully saturated rings. The zero-order valence-corrected chi connectivity index (χ0v) is 15.7. The van der Waals surface area contributed by atoms with Gasteiger partial charge in [0.2, 0.25) is 5.91 Å². The number of nitrogens with zero attached hydrogens (tertiary/aromatic N) is 2. The number of aromatic amines is 1. The number of H-pyrrole nitrogens is 1. The van der Waals surface area contributed by atoms with Gasteiger partial charge in [-0.1, -0.05) is 50.6 Å². The van der Waals surface area contributed by atoms with E-state index in [1.54, 1.807) is 4.57 Å². The fourth-order valence-electron chi connectivity index (χ4n) is 2.61. The van der Waals surface area contributed by atoms with E-state index >= 15 is 0 Å². The van der Waals surface area contributed by atoms with Crippen LogP contribution in [0.1, 0.15) is 44.1 Å². The van der Waals surface area contributed by atoms with E-state index in [0.29, 0.717) is 11.3 Å². The van der Waals surface area contributed by atoms with Crippen LogP contribution in [0, 0.1) is 11.7 Å². The van der Waals surface area contributed by atoms with Crippen LogP contribution in [0.15, 0.2) is 24.3 Å². The second-order valence-corrected chi connectivity index (χ2v) is 7.20. The minimum absolute atomic E-state index is 0.0504. The fraction of sp³-hybridized carbons (Fsp3) is 0.500. The molecule has 130 valence electrons. The predicted molar refractivity (Wildman–Crippen MR) is 98.6 cm³/mol. The molecular formula is C18H26N4OS. The van der Waals surface area contributed by atoms with Crippen molar-refractivity contribution in [1.29, 1.82) is 0 Å². The number of hydrogen-bond acceptors (Lipinski definition) is 3. The number of aryl methyl sites for hydroxylation is 2. The van der Waals surface area contributed by atoms with Gasteiger partial charge in [-0.2, -0.15) is 5.10 Å². The number of amides is 1. The van der Waals surface area contributed by atoms with Crippen molar-refractivity contribution >= 4 is 18.1 Å². The predicted octanol–water partition coefficient (Wildman–Crippen LogP) is 3.30. The van der Waals surface area contributed by atoms with Gasteiger partial charge in [0.05, 0.1) is 0 Å². The van der Waals surface area contributed by atoms with Crippen molar-refractivity contribution in [3.63, 3.8) is 0 Å². The summed E-state index contributed by atoms with van der Waals surface area (Å²) in [6.45, 7) is 9.20. The molecular weight excluding hydrogens is 320 g/mol. The highest BCUT2D eigenvalue weighted by atomic mass is 32.1. The molecule has 2 N–H and O–H groups in total. The summed E-state index contributed by atoms with van der Waals surface area (Å²) in [6.07, 6.45) is 1.76. The minimum Gasteiger partial charge on any atom is -0.354 e. The van der Waals surface area contributed by atoms with Crippen LogP contribution in [0.3, 0.4) is 0 Å². The lowest BCUT2D eigenvalue weighted by Crippen LogP contribution is -2.38. The number of hydrogen-bond donors (Lipinski definition) is 2. The maximum atomic E-state index is 12.3. The van der Waals surface area contributed by atoms with Gasteiger partial charge < -0.3 is 5.32 Å². The smallest absolute Gasteiger partial charge is 0.240 e. The molecule has 2 rings (SSSR count). The summed E-state index contributed by atoms with van der Waals surface area (Å²) in [5, 5.41) is 9.99. The number of nitrogens with one attached hydrogen (secondary N) is 2. The number of aromatic nitrogens is 3. The van der Waals surface area contributed by atoms with Gasteiger partial charge in [0.15, 0.2) is 4.77 Å². The molecule has 0 spiro atoms. The standard InChI is InChI=1S/C18H26N4OS/c1-5-7-15-20-21-17(24)22(15)11-16(23)19-12-18(3,4)14-9-6-8-13(2)10-14/h6,8-10H,5,7,11-12H2,1-4H3,(H,19,23)(H,21,24). The largest absolute Gasteiger partial charge is 0.354 e. The first-order valence-electron chi connectivity index (χ1n) is 8.31. The molecule has 24 heavy (non-hydrogen) atoms. The van der Waals surface area contributed by atoms with Crippen molar-refractivity contribution in [3.05, 3.63) is 46.0 Å². The lowest BCUT2D eigenvalue weighted by atomic mass is 9.84. The van der Waals surface area contributed by atoms with E-state index in [4.69, 9.17) is 12.2 Å². The van der Waals surface area contributed by atoms with Crippen molar-refractivity contribution in [3.8, 4) is 0 Å². The van der Waals surface area contributed by atoms with Crippen molar-refractivity contribution in [2.45, 2.75) is 52.5 Å². The Hall–Kier alpha value is -1.95. The molecule has 0 atom stereocenters. The monoisotopic (exact) mass is 346 g/mol. The molecule has 0 saturated carbocycles. The van der Waals surface area contributed by atoms with Crippen LogP contribution in [0.25, 0.3) is 0 Å². The highest BCUT2D eigenvalue weighted by molar-refractivity contribution is 7.71. The Balaban J connectivity index is 2.00. The summed E-state index contributed by atoms with van der Waals surface area (Å²) in [6, 6.07) is 8.40. The third-order valence-corrected chi connectivity index (χ3v) is 4.45. The van der Waals surface area contributed by atoms with Gasteiger partial charge in [-0.05, 0) is 31.1 Å². The summed E-state index contributed by atoms with van der Waals surface area (Å²) in [7, 11) is 0. The van der Waals surface area contributed by atoms with Crippen molar-refractivity contribution < 1.29 is 4.79 Å². The molecule has 1 amide bonds. The summed E-state index contributed by atoms with van der Waals surface area (Å²) in [5.74, 6) is 0.779. The molecule has 6 heteroatoms. The van der Waals surface area contributed by atoms with Crippen LogP contribution in [-0.4, -0.2) is 27.2 Å². The zero-order valence-electron chi connectivity index (χ0n) is 14.8. The molecule has 0 radical (unpaired) electrons. The molecule has 0 aliphatic heterocycles. The van der Waals surface area contributed by atoms with Gasteiger partial charge in [-0.3, -0.25) is 14.5 Å². The van der Waals surface area contributed by atoms with Gasteiger partial charge in [-0.25, -0.2) is 0 Å². The second-order valence-electron chi connectivity index (χ2n) is 6.81. The van der Waals surface area contributed by atoms with Gasteiger partial charge in [0.1, 0.15) is 12.4 Å². The SMILES string of the molecule is CCCc1n[nH]c(=S)n1CC(=O)NCC(C)(C)c1cccc(C)c1. The third-order valence-electron chi connectivity index (χ3n) is 4.14. The molecule has 1 aromatic heterocycles. The molecule has 0 bridgehead atoms. The first-order valence-corrected chi connectivity index (χ1v) is 8.72. The molecule has 5 nitrogen and oxygen atoms in total.